The zero-order valence-corrected chi connectivity index (χ0v) is 9.39. The van der Waals surface area contributed by atoms with Crippen LogP contribution in [0.3, 0.4) is 0 Å². The fourth-order valence-corrected chi connectivity index (χ4v) is 1.72. The number of H-pyrrole nitrogens is 1. The number of aromatic amines is 1. The predicted octanol–water partition coefficient (Wildman–Crippen LogP) is 0.0620. The summed E-state index contributed by atoms with van der Waals surface area (Å²) in [6.45, 7) is 4.83. The second kappa shape index (κ2) is 5.60. The molecule has 0 amide bonds. The molecule has 1 aliphatic heterocycles. The lowest BCUT2D eigenvalue weighted by molar-refractivity contribution is -0.388. The first-order valence-corrected chi connectivity index (χ1v) is 5.49. The molecular weight excluding hydrogens is 226 g/mol. The SMILES string of the molecule is O=[N+]([O-])c1[nH]ncc1NCCN1CCOCC1. The average Bonchev–Trinajstić information content (AvgIpc) is 2.79. The minimum atomic E-state index is -0.482. The molecule has 1 aromatic rings. The zero-order valence-electron chi connectivity index (χ0n) is 9.39. The van der Waals surface area contributed by atoms with Crippen LogP contribution in [-0.4, -0.2) is 59.4 Å². The van der Waals surface area contributed by atoms with E-state index in [2.05, 4.69) is 20.4 Å². The van der Waals surface area contributed by atoms with Gasteiger partial charge in [0.05, 0.1) is 13.2 Å². The normalized spacial score (nSPS) is 16.9. The molecule has 1 fully saturated rings. The van der Waals surface area contributed by atoms with Gasteiger partial charge in [0.25, 0.3) is 0 Å². The van der Waals surface area contributed by atoms with Crippen molar-refractivity contribution in [2.24, 2.45) is 0 Å². The Bertz CT molecular complexity index is 374. The van der Waals surface area contributed by atoms with Gasteiger partial charge in [-0.1, -0.05) is 5.10 Å². The summed E-state index contributed by atoms with van der Waals surface area (Å²) >= 11 is 0. The predicted molar refractivity (Wildman–Crippen MR) is 61.0 cm³/mol. The van der Waals surface area contributed by atoms with Gasteiger partial charge < -0.3 is 20.2 Å². The molecule has 2 heterocycles. The number of ether oxygens (including phenoxy) is 1. The number of anilines is 1. The quantitative estimate of drug-likeness (QED) is 0.559. The highest BCUT2D eigenvalue weighted by molar-refractivity contribution is 5.55. The highest BCUT2D eigenvalue weighted by Gasteiger charge is 2.15. The van der Waals surface area contributed by atoms with E-state index in [4.69, 9.17) is 4.74 Å². The van der Waals surface area contributed by atoms with Gasteiger partial charge in [-0.2, -0.15) is 0 Å². The van der Waals surface area contributed by atoms with Gasteiger partial charge >= 0.3 is 5.82 Å². The van der Waals surface area contributed by atoms with Crippen LogP contribution >= 0.6 is 0 Å². The van der Waals surface area contributed by atoms with Crippen LogP contribution in [-0.2, 0) is 4.74 Å². The molecule has 0 aromatic carbocycles. The first-order valence-electron chi connectivity index (χ1n) is 5.49. The molecule has 8 nitrogen and oxygen atoms in total. The topological polar surface area (TPSA) is 96.3 Å². The van der Waals surface area contributed by atoms with Crippen molar-refractivity contribution in [3.8, 4) is 0 Å². The lowest BCUT2D eigenvalue weighted by Crippen LogP contribution is -2.39. The summed E-state index contributed by atoms with van der Waals surface area (Å²) in [5.74, 6) is -0.0908. The number of nitrogens with one attached hydrogen (secondary N) is 2. The van der Waals surface area contributed by atoms with E-state index in [0.29, 0.717) is 12.2 Å². The Balaban J connectivity index is 1.77. The van der Waals surface area contributed by atoms with E-state index in [9.17, 15) is 10.1 Å². The number of morpholine rings is 1. The highest BCUT2D eigenvalue weighted by Crippen LogP contribution is 2.19. The van der Waals surface area contributed by atoms with Gasteiger partial charge in [-0.05, 0) is 4.92 Å². The van der Waals surface area contributed by atoms with Crippen LogP contribution in [0.25, 0.3) is 0 Å². The fraction of sp³-hybridized carbons (Fsp3) is 0.667. The molecule has 0 aliphatic carbocycles. The number of hydrogen-bond acceptors (Lipinski definition) is 6. The van der Waals surface area contributed by atoms with Gasteiger partial charge in [-0.3, -0.25) is 4.90 Å². The summed E-state index contributed by atoms with van der Waals surface area (Å²) in [5.41, 5.74) is 0.434. The van der Waals surface area contributed by atoms with Gasteiger partial charge in [-0.15, -0.1) is 5.10 Å². The van der Waals surface area contributed by atoms with E-state index in [0.717, 1.165) is 32.8 Å². The Hall–Kier alpha value is -1.67. The van der Waals surface area contributed by atoms with Crippen molar-refractivity contribution in [1.82, 2.24) is 15.1 Å². The van der Waals surface area contributed by atoms with Gasteiger partial charge in [-0.25, -0.2) is 0 Å². The third-order valence-corrected chi connectivity index (χ3v) is 2.65. The molecule has 1 saturated heterocycles. The standard InChI is InChI=1S/C9H15N5O3/c15-14(16)9-8(7-11-12-9)10-1-2-13-3-5-17-6-4-13/h7,10H,1-6H2,(H,11,12). The molecular formula is C9H15N5O3. The van der Waals surface area contributed by atoms with Crippen molar-refractivity contribution in [3.63, 3.8) is 0 Å². The van der Waals surface area contributed by atoms with E-state index in [1.807, 2.05) is 0 Å². The molecule has 17 heavy (non-hydrogen) atoms. The summed E-state index contributed by atoms with van der Waals surface area (Å²) < 4.78 is 5.24. The lowest BCUT2D eigenvalue weighted by Gasteiger charge is -2.26. The van der Waals surface area contributed by atoms with E-state index in [1.54, 1.807) is 0 Å². The van der Waals surface area contributed by atoms with Gasteiger partial charge in [0.1, 0.15) is 6.20 Å². The zero-order chi connectivity index (χ0) is 12.1. The van der Waals surface area contributed by atoms with E-state index >= 15 is 0 Å². The van der Waals surface area contributed by atoms with Crippen LogP contribution in [0.4, 0.5) is 11.5 Å². The number of rotatable bonds is 5. The van der Waals surface area contributed by atoms with E-state index < -0.39 is 4.92 Å². The molecule has 1 aliphatic rings. The molecule has 0 radical (unpaired) electrons. The second-order valence-electron chi connectivity index (χ2n) is 3.77. The van der Waals surface area contributed by atoms with Crippen molar-refractivity contribution < 1.29 is 9.66 Å². The van der Waals surface area contributed by atoms with E-state index in [-0.39, 0.29) is 5.82 Å². The molecule has 2 rings (SSSR count). The Morgan fingerprint density at radius 1 is 1.59 bits per heavy atom. The molecule has 1 aromatic heterocycles. The van der Waals surface area contributed by atoms with Crippen molar-refractivity contribution in [3.05, 3.63) is 16.3 Å². The van der Waals surface area contributed by atoms with Gasteiger partial charge in [0, 0.05) is 26.2 Å². The Morgan fingerprint density at radius 3 is 3.06 bits per heavy atom. The Kier molecular flexibility index (Phi) is 3.89. The maximum Gasteiger partial charge on any atom is 0.366 e. The molecule has 0 bridgehead atoms. The van der Waals surface area contributed by atoms with Crippen LogP contribution in [0.2, 0.25) is 0 Å². The lowest BCUT2D eigenvalue weighted by atomic mass is 10.4. The molecule has 94 valence electrons. The third-order valence-electron chi connectivity index (χ3n) is 2.65. The van der Waals surface area contributed by atoms with E-state index in [1.165, 1.54) is 6.20 Å². The first-order chi connectivity index (χ1) is 8.27. The minimum Gasteiger partial charge on any atom is -0.379 e. The molecule has 0 spiro atoms. The van der Waals surface area contributed by atoms with Crippen LogP contribution in [0.15, 0.2) is 6.20 Å². The summed E-state index contributed by atoms with van der Waals surface area (Å²) in [6, 6.07) is 0. The van der Waals surface area contributed by atoms with Gasteiger partial charge in [0.15, 0.2) is 5.69 Å². The number of hydrogen-bond donors (Lipinski definition) is 2. The Labute approximate surface area is 98.1 Å². The van der Waals surface area contributed by atoms with Crippen molar-refractivity contribution in [2.45, 2.75) is 0 Å². The average molecular weight is 241 g/mol. The summed E-state index contributed by atoms with van der Waals surface area (Å²) in [5, 5.41) is 19.6. The summed E-state index contributed by atoms with van der Waals surface area (Å²) in [7, 11) is 0. The van der Waals surface area contributed by atoms with Crippen molar-refractivity contribution >= 4 is 11.5 Å². The molecule has 0 atom stereocenters. The fourth-order valence-electron chi connectivity index (χ4n) is 1.72. The maximum absolute atomic E-state index is 10.6. The molecule has 0 unspecified atom stereocenters. The van der Waals surface area contributed by atoms with Crippen LogP contribution < -0.4 is 5.32 Å². The first kappa shape index (κ1) is 11.8. The smallest absolute Gasteiger partial charge is 0.366 e. The number of nitrogens with zero attached hydrogens (tertiary/aromatic N) is 3. The van der Waals surface area contributed by atoms with Crippen LogP contribution in [0.1, 0.15) is 0 Å². The highest BCUT2D eigenvalue weighted by atomic mass is 16.6. The molecule has 2 N–H and O–H groups in total. The summed E-state index contributed by atoms with van der Waals surface area (Å²) in [6.07, 6.45) is 1.43. The van der Waals surface area contributed by atoms with Crippen LogP contribution in [0.5, 0.6) is 0 Å². The Morgan fingerprint density at radius 2 is 2.35 bits per heavy atom. The maximum atomic E-state index is 10.6. The minimum absolute atomic E-state index is 0.0908. The molecule has 8 heteroatoms. The summed E-state index contributed by atoms with van der Waals surface area (Å²) in [4.78, 5) is 12.4. The second-order valence-corrected chi connectivity index (χ2v) is 3.77. The number of nitro groups is 1. The largest absolute Gasteiger partial charge is 0.379 e. The van der Waals surface area contributed by atoms with Crippen LogP contribution in [0, 0.1) is 10.1 Å². The van der Waals surface area contributed by atoms with Crippen molar-refractivity contribution in [2.75, 3.05) is 44.7 Å². The molecule has 0 saturated carbocycles. The third kappa shape index (κ3) is 3.14. The monoisotopic (exact) mass is 241 g/mol. The number of aromatic nitrogens is 2. The van der Waals surface area contributed by atoms with Gasteiger partial charge in [0.2, 0.25) is 0 Å². The van der Waals surface area contributed by atoms with Crippen molar-refractivity contribution in [1.29, 1.82) is 0 Å².